The minimum absolute atomic E-state index is 0.201. The van der Waals surface area contributed by atoms with Gasteiger partial charge in [0.2, 0.25) is 0 Å². The number of halogens is 1. The number of aromatic nitrogens is 1. The summed E-state index contributed by atoms with van der Waals surface area (Å²) in [5, 5.41) is 3.97. The van der Waals surface area contributed by atoms with Gasteiger partial charge < -0.3 is 19.7 Å². The third kappa shape index (κ3) is 3.97. The molecule has 1 heterocycles. The first-order valence-electron chi connectivity index (χ1n) is 7.06. The molecule has 1 aromatic heterocycles. The summed E-state index contributed by atoms with van der Waals surface area (Å²) in [6, 6.07) is 15.2. The molecular weight excluding hydrogens is 351 g/mol. The standard InChI is InChI=1S/C16H14ClN2O4P/c17-12-5-3-6-13(9-12)18-10-24(21,22)23-15-8-11-4-1-2-7-14(11)19-16(15)20/h1-9,18H,10H2,(H,19,20)(H,21,22). The van der Waals surface area contributed by atoms with Crippen LogP contribution >= 0.6 is 19.2 Å². The van der Waals surface area contributed by atoms with E-state index >= 15 is 0 Å². The minimum Gasteiger partial charge on any atom is -0.417 e. The van der Waals surface area contributed by atoms with Crippen LogP contribution in [0.25, 0.3) is 10.9 Å². The first-order valence-corrected chi connectivity index (χ1v) is 9.20. The van der Waals surface area contributed by atoms with Crippen molar-refractivity contribution in [2.45, 2.75) is 0 Å². The summed E-state index contributed by atoms with van der Waals surface area (Å²) in [5.41, 5.74) is 0.637. The maximum Gasteiger partial charge on any atom is 0.395 e. The van der Waals surface area contributed by atoms with Crippen LogP contribution in [0.5, 0.6) is 5.75 Å². The lowest BCUT2D eigenvalue weighted by Gasteiger charge is -2.14. The van der Waals surface area contributed by atoms with Crippen molar-refractivity contribution in [2.75, 3.05) is 11.6 Å². The van der Waals surface area contributed by atoms with E-state index in [-0.39, 0.29) is 12.0 Å². The monoisotopic (exact) mass is 364 g/mol. The number of benzene rings is 2. The first-order chi connectivity index (χ1) is 11.4. The van der Waals surface area contributed by atoms with Gasteiger partial charge in [0.05, 0.1) is 0 Å². The van der Waals surface area contributed by atoms with Gasteiger partial charge in [0.15, 0.2) is 5.75 Å². The minimum atomic E-state index is -4.07. The number of aromatic amines is 1. The number of anilines is 1. The van der Waals surface area contributed by atoms with E-state index in [2.05, 4.69) is 10.3 Å². The van der Waals surface area contributed by atoms with Crippen LogP contribution in [-0.2, 0) is 4.57 Å². The molecule has 124 valence electrons. The Hall–Kier alpha value is -2.27. The van der Waals surface area contributed by atoms with Crippen molar-refractivity contribution in [3.05, 3.63) is 70.0 Å². The summed E-state index contributed by atoms with van der Waals surface area (Å²) in [6.45, 7) is 0. The van der Waals surface area contributed by atoms with Crippen LogP contribution in [-0.4, -0.2) is 16.2 Å². The topological polar surface area (TPSA) is 91.4 Å². The zero-order valence-corrected chi connectivity index (χ0v) is 14.1. The van der Waals surface area contributed by atoms with Crippen molar-refractivity contribution in [3.63, 3.8) is 0 Å². The molecule has 24 heavy (non-hydrogen) atoms. The van der Waals surface area contributed by atoms with E-state index in [4.69, 9.17) is 16.1 Å². The smallest absolute Gasteiger partial charge is 0.395 e. The molecule has 2 aromatic carbocycles. The van der Waals surface area contributed by atoms with Gasteiger partial charge in [-0.3, -0.25) is 4.79 Å². The van der Waals surface area contributed by atoms with Crippen molar-refractivity contribution in [1.29, 1.82) is 0 Å². The van der Waals surface area contributed by atoms with Crippen LogP contribution < -0.4 is 15.4 Å². The zero-order chi connectivity index (χ0) is 17.2. The van der Waals surface area contributed by atoms with Gasteiger partial charge >= 0.3 is 7.60 Å². The number of hydrogen-bond acceptors (Lipinski definition) is 4. The molecule has 1 unspecified atom stereocenters. The number of para-hydroxylation sites is 1. The molecule has 3 N–H and O–H groups in total. The lowest BCUT2D eigenvalue weighted by Crippen LogP contribution is -2.13. The van der Waals surface area contributed by atoms with Gasteiger partial charge in [0.1, 0.15) is 6.29 Å². The van der Waals surface area contributed by atoms with E-state index in [0.717, 1.165) is 0 Å². The van der Waals surface area contributed by atoms with Gasteiger partial charge in [0.25, 0.3) is 5.56 Å². The van der Waals surface area contributed by atoms with E-state index in [0.29, 0.717) is 21.6 Å². The molecular formula is C16H14ClN2O4P. The van der Waals surface area contributed by atoms with Crippen LogP contribution in [0.2, 0.25) is 5.02 Å². The Morgan fingerprint density at radius 2 is 1.96 bits per heavy atom. The van der Waals surface area contributed by atoms with Crippen molar-refractivity contribution in [2.24, 2.45) is 0 Å². The van der Waals surface area contributed by atoms with Crippen molar-refractivity contribution in [3.8, 4) is 5.75 Å². The molecule has 0 saturated heterocycles. The summed E-state index contributed by atoms with van der Waals surface area (Å²) >= 11 is 5.85. The number of pyridine rings is 1. The highest BCUT2D eigenvalue weighted by molar-refractivity contribution is 7.53. The fourth-order valence-electron chi connectivity index (χ4n) is 2.17. The van der Waals surface area contributed by atoms with Gasteiger partial charge in [-0.1, -0.05) is 35.9 Å². The number of H-pyrrole nitrogens is 1. The maximum absolute atomic E-state index is 12.2. The van der Waals surface area contributed by atoms with E-state index in [1.165, 1.54) is 6.07 Å². The largest absolute Gasteiger partial charge is 0.417 e. The first kappa shape index (κ1) is 16.6. The van der Waals surface area contributed by atoms with Crippen molar-refractivity contribution < 1.29 is 14.0 Å². The molecule has 8 heteroatoms. The lowest BCUT2D eigenvalue weighted by molar-refractivity contribution is 0.380. The molecule has 0 saturated carbocycles. The number of rotatable bonds is 5. The van der Waals surface area contributed by atoms with E-state index in [1.807, 2.05) is 0 Å². The molecule has 0 aliphatic heterocycles. The van der Waals surface area contributed by atoms with Crippen LogP contribution in [0.1, 0.15) is 0 Å². The molecule has 1 atom stereocenters. The molecule has 0 aliphatic rings. The van der Waals surface area contributed by atoms with Crippen LogP contribution in [0, 0.1) is 0 Å². The van der Waals surface area contributed by atoms with E-state index < -0.39 is 13.2 Å². The molecule has 0 fully saturated rings. The van der Waals surface area contributed by atoms with Gasteiger partial charge in [-0.2, -0.15) is 0 Å². The normalized spacial score (nSPS) is 13.4. The van der Waals surface area contributed by atoms with Gasteiger partial charge in [-0.25, -0.2) is 4.57 Å². The average Bonchev–Trinajstić information content (AvgIpc) is 2.54. The molecule has 0 aliphatic carbocycles. The Bertz CT molecular complexity index is 989. The fourth-order valence-corrected chi connectivity index (χ4v) is 3.25. The number of fused-ring (bicyclic) bond motifs is 1. The summed E-state index contributed by atoms with van der Waals surface area (Å²) in [6.07, 6.45) is -0.361. The van der Waals surface area contributed by atoms with E-state index in [1.54, 1.807) is 48.5 Å². The highest BCUT2D eigenvalue weighted by Gasteiger charge is 2.22. The molecule has 3 aromatic rings. The quantitative estimate of drug-likeness (QED) is 0.599. The Kier molecular flexibility index (Phi) is 4.62. The second-order valence-corrected chi connectivity index (χ2v) is 7.33. The Morgan fingerprint density at radius 1 is 1.17 bits per heavy atom. The predicted molar refractivity (Wildman–Crippen MR) is 95.0 cm³/mol. The third-order valence-corrected chi connectivity index (χ3v) is 4.54. The number of hydrogen-bond donors (Lipinski definition) is 3. The van der Waals surface area contributed by atoms with Crippen LogP contribution in [0.3, 0.4) is 0 Å². The molecule has 3 rings (SSSR count). The highest BCUT2D eigenvalue weighted by Crippen LogP contribution is 2.41. The maximum atomic E-state index is 12.2. The summed E-state index contributed by atoms with van der Waals surface area (Å²) in [4.78, 5) is 24.6. The summed E-state index contributed by atoms with van der Waals surface area (Å²) in [7, 11) is -4.07. The second-order valence-electron chi connectivity index (χ2n) is 5.12. The van der Waals surface area contributed by atoms with E-state index in [9.17, 15) is 14.3 Å². The second kappa shape index (κ2) is 6.69. The summed E-state index contributed by atoms with van der Waals surface area (Å²) < 4.78 is 17.3. The SMILES string of the molecule is O=c1[nH]c2ccccc2cc1OP(=O)(O)CNc1cccc(Cl)c1. The Labute approximate surface area is 142 Å². The molecule has 0 radical (unpaired) electrons. The van der Waals surface area contributed by atoms with Gasteiger partial charge in [-0.05, 0) is 30.3 Å². The molecule has 6 nitrogen and oxygen atoms in total. The lowest BCUT2D eigenvalue weighted by atomic mass is 10.2. The molecule has 0 amide bonds. The fraction of sp³-hybridized carbons (Fsp3) is 0.0625. The zero-order valence-electron chi connectivity index (χ0n) is 12.4. The van der Waals surface area contributed by atoms with Crippen molar-refractivity contribution >= 4 is 35.8 Å². The van der Waals surface area contributed by atoms with Gasteiger partial charge in [-0.15, -0.1) is 0 Å². The highest BCUT2D eigenvalue weighted by atomic mass is 35.5. The summed E-state index contributed by atoms with van der Waals surface area (Å²) in [5.74, 6) is -0.201. The third-order valence-electron chi connectivity index (χ3n) is 3.27. The Morgan fingerprint density at radius 3 is 2.75 bits per heavy atom. The van der Waals surface area contributed by atoms with Crippen LogP contribution in [0.15, 0.2) is 59.4 Å². The average molecular weight is 365 g/mol. The molecule has 0 spiro atoms. The van der Waals surface area contributed by atoms with Gasteiger partial charge in [0, 0.05) is 21.6 Å². The van der Waals surface area contributed by atoms with Crippen molar-refractivity contribution in [1.82, 2.24) is 4.98 Å². The number of nitrogens with one attached hydrogen (secondary N) is 2. The molecule has 0 bridgehead atoms. The van der Waals surface area contributed by atoms with Crippen LogP contribution in [0.4, 0.5) is 5.69 Å². The predicted octanol–water partition coefficient (Wildman–Crippen LogP) is 3.82. The Balaban J connectivity index is 1.77.